The van der Waals surface area contributed by atoms with Crippen LogP contribution in [0.3, 0.4) is 0 Å². The van der Waals surface area contributed by atoms with Gasteiger partial charge in [0.15, 0.2) is 0 Å². The highest BCUT2D eigenvalue weighted by Crippen LogP contribution is 2.31. The van der Waals surface area contributed by atoms with Gasteiger partial charge in [0.1, 0.15) is 0 Å². The molecule has 78 valence electrons. The van der Waals surface area contributed by atoms with Crippen molar-refractivity contribution in [2.24, 2.45) is 5.73 Å². The molecular weight excluding hydrogens is 258 g/mol. The quantitative estimate of drug-likeness (QED) is 0.844. The third kappa shape index (κ3) is 3.30. The van der Waals surface area contributed by atoms with E-state index in [2.05, 4.69) is 48.0 Å². The van der Waals surface area contributed by atoms with Gasteiger partial charge in [-0.15, -0.1) is 11.8 Å². The van der Waals surface area contributed by atoms with Gasteiger partial charge in [-0.2, -0.15) is 0 Å². The van der Waals surface area contributed by atoms with E-state index in [9.17, 15) is 0 Å². The normalized spacial score (nSPS) is 13.3. The van der Waals surface area contributed by atoms with Crippen molar-refractivity contribution in [1.82, 2.24) is 0 Å². The number of rotatable bonds is 3. The van der Waals surface area contributed by atoms with E-state index in [4.69, 9.17) is 5.73 Å². The molecule has 14 heavy (non-hydrogen) atoms. The van der Waals surface area contributed by atoms with Crippen LogP contribution in [0.1, 0.15) is 32.4 Å². The molecule has 0 saturated carbocycles. The van der Waals surface area contributed by atoms with Crippen molar-refractivity contribution in [1.29, 1.82) is 0 Å². The number of halogens is 1. The average molecular weight is 274 g/mol. The average Bonchev–Trinajstić information content (AvgIpc) is 2.07. The van der Waals surface area contributed by atoms with Crippen LogP contribution in [-0.2, 0) is 0 Å². The van der Waals surface area contributed by atoms with Crippen LogP contribution in [0.2, 0.25) is 0 Å². The number of nitrogens with two attached hydrogens (primary N) is 1. The zero-order valence-electron chi connectivity index (χ0n) is 8.75. The molecule has 1 aromatic carbocycles. The van der Waals surface area contributed by atoms with Crippen LogP contribution in [0.4, 0.5) is 0 Å². The maximum Gasteiger partial charge on any atom is 0.0277 e. The van der Waals surface area contributed by atoms with Gasteiger partial charge in [-0.25, -0.2) is 0 Å². The molecule has 1 aromatic rings. The van der Waals surface area contributed by atoms with Crippen molar-refractivity contribution in [3.05, 3.63) is 28.2 Å². The van der Waals surface area contributed by atoms with E-state index in [1.54, 1.807) is 0 Å². The molecule has 0 aliphatic carbocycles. The van der Waals surface area contributed by atoms with E-state index >= 15 is 0 Å². The summed E-state index contributed by atoms with van der Waals surface area (Å²) in [5.74, 6) is 0. The second-order valence-corrected chi connectivity index (χ2v) is 6.17. The number of benzene rings is 1. The second kappa shape index (κ2) is 5.19. The lowest BCUT2D eigenvalue weighted by Gasteiger charge is -2.14. The van der Waals surface area contributed by atoms with Crippen LogP contribution >= 0.6 is 27.7 Å². The van der Waals surface area contributed by atoms with E-state index in [1.807, 2.05) is 18.7 Å². The molecule has 0 radical (unpaired) electrons. The molecule has 0 spiro atoms. The highest BCUT2D eigenvalue weighted by Gasteiger charge is 2.09. The molecule has 1 nitrogen and oxygen atoms in total. The molecule has 1 rings (SSSR count). The predicted molar refractivity (Wildman–Crippen MR) is 67.7 cm³/mol. The van der Waals surface area contributed by atoms with Crippen LogP contribution < -0.4 is 5.73 Å². The molecule has 0 aromatic heterocycles. The summed E-state index contributed by atoms with van der Waals surface area (Å²) in [6, 6.07) is 6.40. The van der Waals surface area contributed by atoms with E-state index in [0.29, 0.717) is 5.25 Å². The Balaban J connectivity index is 3.02. The third-order valence-electron chi connectivity index (χ3n) is 1.83. The number of hydrogen-bond acceptors (Lipinski definition) is 2. The molecule has 0 heterocycles. The van der Waals surface area contributed by atoms with E-state index in [-0.39, 0.29) is 6.04 Å². The van der Waals surface area contributed by atoms with Crippen molar-refractivity contribution in [3.63, 3.8) is 0 Å². The van der Waals surface area contributed by atoms with Gasteiger partial charge in [-0.3, -0.25) is 0 Å². The first-order valence-corrected chi connectivity index (χ1v) is 6.39. The van der Waals surface area contributed by atoms with E-state index < -0.39 is 0 Å². The molecule has 0 fully saturated rings. The first-order chi connectivity index (χ1) is 6.50. The van der Waals surface area contributed by atoms with Gasteiger partial charge in [0.2, 0.25) is 0 Å². The monoisotopic (exact) mass is 273 g/mol. The first-order valence-electron chi connectivity index (χ1n) is 4.72. The van der Waals surface area contributed by atoms with Crippen LogP contribution in [0.5, 0.6) is 0 Å². The van der Waals surface area contributed by atoms with E-state index in [0.717, 1.165) is 4.47 Å². The van der Waals surface area contributed by atoms with Crippen molar-refractivity contribution in [2.45, 2.75) is 37.0 Å². The Labute approximate surface area is 98.6 Å². The maximum atomic E-state index is 5.92. The van der Waals surface area contributed by atoms with Gasteiger partial charge in [-0.05, 0) is 30.7 Å². The summed E-state index contributed by atoms with van der Waals surface area (Å²) in [6.45, 7) is 6.40. The fourth-order valence-electron chi connectivity index (χ4n) is 1.24. The standard InChI is InChI=1S/C11H16BrNS/c1-7(2)14-11-5-4-9(12)6-10(11)8(3)13/h4-8H,13H2,1-3H3. The summed E-state index contributed by atoms with van der Waals surface area (Å²) in [5, 5.41) is 0.591. The van der Waals surface area contributed by atoms with Gasteiger partial charge < -0.3 is 5.73 Å². The smallest absolute Gasteiger partial charge is 0.0277 e. The van der Waals surface area contributed by atoms with Crippen LogP contribution in [0.15, 0.2) is 27.6 Å². The molecule has 0 saturated heterocycles. The van der Waals surface area contributed by atoms with E-state index in [1.165, 1.54) is 10.5 Å². The highest BCUT2D eigenvalue weighted by atomic mass is 79.9. The molecule has 1 atom stereocenters. The van der Waals surface area contributed by atoms with Gasteiger partial charge >= 0.3 is 0 Å². The minimum Gasteiger partial charge on any atom is -0.324 e. The molecule has 0 aliphatic rings. The lowest BCUT2D eigenvalue weighted by atomic mass is 10.1. The maximum absolute atomic E-state index is 5.92. The van der Waals surface area contributed by atoms with Gasteiger partial charge in [-0.1, -0.05) is 29.8 Å². The fraction of sp³-hybridized carbons (Fsp3) is 0.455. The minimum absolute atomic E-state index is 0.0914. The fourth-order valence-corrected chi connectivity index (χ4v) is 2.65. The summed E-state index contributed by atoms with van der Waals surface area (Å²) >= 11 is 5.33. The first kappa shape index (κ1) is 12.1. The summed E-state index contributed by atoms with van der Waals surface area (Å²) < 4.78 is 1.10. The highest BCUT2D eigenvalue weighted by molar-refractivity contribution is 9.10. The molecule has 2 N–H and O–H groups in total. The summed E-state index contributed by atoms with van der Waals surface area (Å²) in [5.41, 5.74) is 7.15. The predicted octanol–water partition coefficient (Wildman–Crippen LogP) is 3.97. The molecule has 1 unspecified atom stereocenters. The largest absolute Gasteiger partial charge is 0.324 e. The zero-order valence-corrected chi connectivity index (χ0v) is 11.2. The number of hydrogen-bond donors (Lipinski definition) is 1. The van der Waals surface area contributed by atoms with Crippen molar-refractivity contribution in [3.8, 4) is 0 Å². The molecule has 3 heteroatoms. The Bertz CT molecular complexity index is 310. The topological polar surface area (TPSA) is 26.0 Å². The molecular formula is C11H16BrNS. The summed E-state index contributed by atoms with van der Waals surface area (Å²) in [4.78, 5) is 1.29. The minimum atomic E-state index is 0.0914. The zero-order chi connectivity index (χ0) is 10.7. The Hall–Kier alpha value is 0.01000. The Morgan fingerprint density at radius 3 is 2.43 bits per heavy atom. The van der Waals surface area contributed by atoms with Gasteiger partial charge in [0.25, 0.3) is 0 Å². The van der Waals surface area contributed by atoms with Gasteiger partial charge in [0.05, 0.1) is 0 Å². The van der Waals surface area contributed by atoms with Crippen LogP contribution in [0, 0.1) is 0 Å². The van der Waals surface area contributed by atoms with Crippen LogP contribution in [-0.4, -0.2) is 5.25 Å². The lowest BCUT2D eigenvalue weighted by molar-refractivity contribution is 0.796. The second-order valence-electron chi connectivity index (χ2n) is 3.64. The number of thioether (sulfide) groups is 1. The van der Waals surface area contributed by atoms with Crippen LogP contribution in [0.25, 0.3) is 0 Å². The Kier molecular flexibility index (Phi) is 4.48. The Morgan fingerprint density at radius 1 is 1.29 bits per heavy atom. The summed E-state index contributed by atoms with van der Waals surface area (Å²) in [7, 11) is 0. The van der Waals surface area contributed by atoms with Crippen molar-refractivity contribution < 1.29 is 0 Å². The summed E-state index contributed by atoms with van der Waals surface area (Å²) in [6.07, 6.45) is 0. The Morgan fingerprint density at radius 2 is 1.93 bits per heavy atom. The lowest BCUT2D eigenvalue weighted by Crippen LogP contribution is -2.07. The van der Waals surface area contributed by atoms with Crippen molar-refractivity contribution in [2.75, 3.05) is 0 Å². The molecule has 0 amide bonds. The van der Waals surface area contributed by atoms with Gasteiger partial charge in [0, 0.05) is 20.7 Å². The molecule has 0 bridgehead atoms. The third-order valence-corrected chi connectivity index (χ3v) is 3.42. The SMILES string of the molecule is CC(C)Sc1ccc(Br)cc1C(C)N. The molecule has 0 aliphatic heterocycles. The van der Waals surface area contributed by atoms with Crippen molar-refractivity contribution >= 4 is 27.7 Å².